The van der Waals surface area contributed by atoms with Gasteiger partial charge < -0.3 is 5.32 Å². The number of hydrogen-bond acceptors (Lipinski definition) is 3. The molecule has 2 unspecified atom stereocenters. The molecular weight excluding hydrogens is 239 g/mol. The first-order chi connectivity index (χ1) is 8.04. The molecule has 0 aromatic heterocycles. The Labute approximate surface area is 103 Å². The molecule has 3 nitrogen and oxygen atoms in total. The summed E-state index contributed by atoms with van der Waals surface area (Å²) in [4.78, 5) is 0. The van der Waals surface area contributed by atoms with Crippen molar-refractivity contribution in [3.63, 3.8) is 0 Å². The van der Waals surface area contributed by atoms with E-state index in [1.807, 2.05) is 13.0 Å². The summed E-state index contributed by atoms with van der Waals surface area (Å²) in [6.45, 7) is 2.82. The van der Waals surface area contributed by atoms with Crippen molar-refractivity contribution in [1.29, 1.82) is 5.26 Å². The smallest absolute Gasteiger partial charge is 0.129 e. The maximum Gasteiger partial charge on any atom is 0.129 e. The van der Waals surface area contributed by atoms with Crippen molar-refractivity contribution >= 4 is 10.8 Å². The van der Waals surface area contributed by atoms with Gasteiger partial charge in [0.2, 0.25) is 0 Å². The van der Waals surface area contributed by atoms with Crippen LogP contribution in [0.1, 0.15) is 18.1 Å². The number of nitrogens with one attached hydrogen (secondary N) is 1. The Hall–Kier alpha value is -1.25. The second-order valence-corrected chi connectivity index (χ2v) is 5.66. The Morgan fingerprint density at radius 1 is 1.59 bits per heavy atom. The van der Waals surface area contributed by atoms with Gasteiger partial charge in [-0.05, 0) is 19.1 Å². The SMILES string of the molecule is CC(CNCc1ccc(C#N)cc1F)S(C)=O. The van der Waals surface area contributed by atoms with Crippen molar-refractivity contribution < 1.29 is 8.60 Å². The molecule has 0 saturated carbocycles. The topological polar surface area (TPSA) is 52.9 Å². The lowest BCUT2D eigenvalue weighted by atomic mass is 10.1. The quantitative estimate of drug-likeness (QED) is 0.867. The van der Waals surface area contributed by atoms with Crippen molar-refractivity contribution in [3.05, 3.63) is 35.1 Å². The van der Waals surface area contributed by atoms with Gasteiger partial charge in [-0.1, -0.05) is 6.07 Å². The minimum absolute atomic E-state index is 0.0384. The second kappa shape index (κ2) is 6.48. The molecule has 0 heterocycles. The number of rotatable bonds is 5. The van der Waals surface area contributed by atoms with Crippen LogP contribution in [0.5, 0.6) is 0 Å². The van der Waals surface area contributed by atoms with Crippen LogP contribution in [-0.2, 0) is 17.3 Å². The summed E-state index contributed by atoms with van der Waals surface area (Å²) in [6.07, 6.45) is 1.65. The van der Waals surface area contributed by atoms with Crippen LogP contribution in [0.3, 0.4) is 0 Å². The van der Waals surface area contributed by atoms with Crippen LogP contribution in [-0.4, -0.2) is 22.3 Å². The van der Waals surface area contributed by atoms with E-state index in [0.29, 0.717) is 24.2 Å². The van der Waals surface area contributed by atoms with E-state index >= 15 is 0 Å². The van der Waals surface area contributed by atoms with E-state index in [2.05, 4.69) is 5.32 Å². The summed E-state index contributed by atoms with van der Waals surface area (Å²) in [5.74, 6) is -0.387. The number of nitriles is 1. The minimum atomic E-state index is -0.878. The number of hydrogen-bond donors (Lipinski definition) is 1. The van der Waals surface area contributed by atoms with Crippen LogP contribution < -0.4 is 5.32 Å². The summed E-state index contributed by atoms with van der Waals surface area (Å²) < 4.78 is 24.6. The molecule has 0 amide bonds. The molecule has 0 aliphatic rings. The molecule has 0 saturated heterocycles. The van der Waals surface area contributed by atoms with Crippen LogP contribution in [0.25, 0.3) is 0 Å². The summed E-state index contributed by atoms with van der Waals surface area (Å²) >= 11 is 0. The third kappa shape index (κ3) is 4.25. The van der Waals surface area contributed by atoms with Gasteiger partial charge in [0.1, 0.15) is 5.82 Å². The minimum Gasteiger partial charge on any atom is -0.311 e. The normalized spacial score (nSPS) is 14.0. The van der Waals surface area contributed by atoms with Crippen LogP contribution in [0.4, 0.5) is 4.39 Å². The molecule has 1 aromatic carbocycles. The van der Waals surface area contributed by atoms with Gasteiger partial charge in [0, 0.05) is 41.0 Å². The van der Waals surface area contributed by atoms with Crippen molar-refractivity contribution in [3.8, 4) is 6.07 Å². The van der Waals surface area contributed by atoms with Gasteiger partial charge in [-0.2, -0.15) is 5.26 Å². The van der Waals surface area contributed by atoms with Crippen molar-refractivity contribution in [1.82, 2.24) is 5.32 Å². The molecule has 0 spiro atoms. The zero-order valence-corrected chi connectivity index (χ0v) is 10.7. The van der Waals surface area contributed by atoms with Crippen LogP contribution in [0.2, 0.25) is 0 Å². The number of benzene rings is 1. The number of halogens is 1. The van der Waals surface area contributed by atoms with Gasteiger partial charge in [-0.3, -0.25) is 4.21 Å². The lowest BCUT2D eigenvalue weighted by molar-refractivity contribution is 0.585. The highest BCUT2D eigenvalue weighted by molar-refractivity contribution is 7.84. The van der Waals surface area contributed by atoms with E-state index < -0.39 is 10.8 Å². The number of nitrogens with zero attached hydrogens (tertiary/aromatic N) is 1. The summed E-state index contributed by atoms with van der Waals surface area (Å²) in [5, 5.41) is 11.7. The predicted octanol–water partition coefficient (Wildman–Crippen LogP) is 1.55. The molecule has 0 bridgehead atoms. The Balaban J connectivity index is 2.53. The van der Waals surface area contributed by atoms with E-state index in [1.54, 1.807) is 18.4 Å². The van der Waals surface area contributed by atoms with Crippen molar-refractivity contribution in [2.45, 2.75) is 18.7 Å². The molecule has 0 fully saturated rings. The maximum absolute atomic E-state index is 13.5. The summed E-state index contributed by atoms with van der Waals surface area (Å²) in [7, 11) is -0.878. The van der Waals surface area contributed by atoms with Gasteiger partial charge in [0.25, 0.3) is 0 Å². The molecular formula is C12H15FN2OS. The average molecular weight is 254 g/mol. The molecule has 0 aliphatic carbocycles. The van der Waals surface area contributed by atoms with E-state index in [9.17, 15) is 8.60 Å². The third-order valence-corrected chi connectivity index (χ3v) is 3.80. The molecule has 0 aliphatic heterocycles. The monoisotopic (exact) mass is 254 g/mol. The van der Waals surface area contributed by atoms with Crippen molar-refractivity contribution in [2.24, 2.45) is 0 Å². The lowest BCUT2D eigenvalue weighted by Crippen LogP contribution is -2.27. The molecule has 92 valence electrons. The van der Waals surface area contributed by atoms with Crippen LogP contribution >= 0.6 is 0 Å². The van der Waals surface area contributed by atoms with E-state index in [-0.39, 0.29) is 11.1 Å². The van der Waals surface area contributed by atoms with Gasteiger partial charge in [-0.25, -0.2) is 4.39 Å². The first-order valence-corrected chi connectivity index (χ1v) is 6.88. The molecule has 5 heteroatoms. The lowest BCUT2D eigenvalue weighted by Gasteiger charge is -2.10. The molecule has 0 radical (unpaired) electrons. The van der Waals surface area contributed by atoms with E-state index in [4.69, 9.17) is 5.26 Å². The highest BCUT2D eigenvalue weighted by atomic mass is 32.2. The van der Waals surface area contributed by atoms with Crippen LogP contribution in [0, 0.1) is 17.1 Å². The Morgan fingerprint density at radius 2 is 2.29 bits per heavy atom. The Bertz CT molecular complexity index is 456. The second-order valence-electron chi connectivity index (χ2n) is 3.86. The molecule has 2 atom stereocenters. The zero-order chi connectivity index (χ0) is 12.8. The van der Waals surface area contributed by atoms with E-state index in [0.717, 1.165) is 0 Å². The maximum atomic E-state index is 13.5. The standard InChI is InChI=1S/C12H15FN2OS/c1-9(17(2)16)7-15-8-11-4-3-10(6-14)5-12(11)13/h3-5,9,15H,7-8H2,1-2H3. The van der Waals surface area contributed by atoms with Gasteiger partial charge in [0.05, 0.1) is 11.6 Å². The fourth-order valence-electron chi connectivity index (χ4n) is 1.29. The summed E-state index contributed by atoms with van der Waals surface area (Å²) in [6, 6.07) is 6.28. The van der Waals surface area contributed by atoms with Gasteiger partial charge >= 0.3 is 0 Å². The first-order valence-electron chi connectivity index (χ1n) is 5.26. The average Bonchev–Trinajstić information content (AvgIpc) is 2.30. The van der Waals surface area contributed by atoms with Gasteiger partial charge in [0.15, 0.2) is 0 Å². The first kappa shape index (κ1) is 13.8. The fourth-order valence-corrected chi connectivity index (χ4v) is 1.64. The van der Waals surface area contributed by atoms with E-state index in [1.165, 1.54) is 6.07 Å². The zero-order valence-electron chi connectivity index (χ0n) is 9.87. The largest absolute Gasteiger partial charge is 0.311 e. The third-order valence-electron chi connectivity index (χ3n) is 2.50. The molecule has 1 aromatic rings. The fraction of sp³-hybridized carbons (Fsp3) is 0.417. The van der Waals surface area contributed by atoms with Gasteiger partial charge in [-0.15, -0.1) is 0 Å². The molecule has 17 heavy (non-hydrogen) atoms. The van der Waals surface area contributed by atoms with Crippen LogP contribution in [0.15, 0.2) is 18.2 Å². The molecule has 1 N–H and O–H groups in total. The summed E-state index contributed by atoms with van der Waals surface area (Å²) in [5.41, 5.74) is 0.826. The Kier molecular flexibility index (Phi) is 5.26. The molecule has 1 rings (SSSR count). The highest BCUT2D eigenvalue weighted by Gasteiger charge is 2.07. The van der Waals surface area contributed by atoms with Crippen molar-refractivity contribution in [2.75, 3.05) is 12.8 Å². The highest BCUT2D eigenvalue weighted by Crippen LogP contribution is 2.09. The Morgan fingerprint density at radius 3 is 2.82 bits per heavy atom. The predicted molar refractivity (Wildman–Crippen MR) is 66.4 cm³/mol.